The number of aliphatic hydroxyl groups is 1. The molecule has 2 aliphatic rings. The Kier molecular flexibility index (Phi) is 5.89. The van der Waals surface area contributed by atoms with Gasteiger partial charge in [0.25, 0.3) is 0 Å². The number of rotatable bonds is 6. The molecule has 2 unspecified atom stereocenters. The van der Waals surface area contributed by atoms with Crippen LogP contribution in [0.25, 0.3) is 0 Å². The molecule has 2 fully saturated rings. The maximum absolute atomic E-state index is 9.86. The zero-order chi connectivity index (χ0) is 12.8. The molecule has 106 valence electrons. The van der Waals surface area contributed by atoms with Crippen molar-refractivity contribution in [3.05, 3.63) is 0 Å². The third kappa shape index (κ3) is 4.84. The van der Waals surface area contributed by atoms with Crippen molar-refractivity contribution in [2.45, 2.75) is 57.3 Å². The molecule has 4 heteroatoms. The van der Waals surface area contributed by atoms with Gasteiger partial charge in [0.15, 0.2) is 0 Å². The largest absolute Gasteiger partial charge is 0.389 e. The molecule has 1 heterocycles. The summed E-state index contributed by atoms with van der Waals surface area (Å²) < 4.78 is 11.1. The van der Waals surface area contributed by atoms with E-state index in [-0.39, 0.29) is 0 Å². The van der Waals surface area contributed by atoms with Gasteiger partial charge in [0.1, 0.15) is 0 Å². The Balaban J connectivity index is 1.52. The topological polar surface area (TPSA) is 50.7 Å². The predicted molar refractivity (Wildman–Crippen MR) is 70.6 cm³/mol. The van der Waals surface area contributed by atoms with Crippen LogP contribution < -0.4 is 5.32 Å². The molecule has 0 aromatic carbocycles. The number of hydrogen-bond donors (Lipinski definition) is 2. The van der Waals surface area contributed by atoms with Crippen LogP contribution in [0.15, 0.2) is 0 Å². The maximum atomic E-state index is 9.86. The van der Waals surface area contributed by atoms with Crippen LogP contribution in [-0.2, 0) is 9.47 Å². The molecule has 0 spiro atoms. The highest BCUT2D eigenvalue weighted by Crippen LogP contribution is 2.25. The first-order valence-corrected chi connectivity index (χ1v) is 7.35. The molecule has 1 aliphatic heterocycles. The summed E-state index contributed by atoms with van der Waals surface area (Å²) in [4.78, 5) is 0. The van der Waals surface area contributed by atoms with E-state index in [4.69, 9.17) is 9.47 Å². The second kappa shape index (κ2) is 7.43. The normalized spacial score (nSPS) is 34.7. The van der Waals surface area contributed by atoms with E-state index in [0.717, 1.165) is 38.4 Å². The van der Waals surface area contributed by atoms with E-state index in [2.05, 4.69) is 12.2 Å². The molecular weight excluding hydrogens is 230 g/mol. The van der Waals surface area contributed by atoms with Gasteiger partial charge in [-0.3, -0.25) is 0 Å². The lowest BCUT2D eigenvalue weighted by Gasteiger charge is -2.27. The van der Waals surface area contributed by atoms with Crippen molar-refractivity contribution in [2.75, 3.05) is 26.4 Å². The smallest absolute Gasteiger partial charge is 0.0897 e. The van der Waals surface area contributed by atoms with Crippen LogP contribution in [0.1, 0.15) is 39.0 Å². The lowest BCUT2D eigenvalue weighted by molar-refractivity contribution is -0.0284. The van der Waals surface area contributed by atoms with Crippen molar-refractivity contribution in [3.63, 3.8) is 0 Å². The Morgan fingerprint density at radius 1 is 1.28 bits per heavy atom. The monoisotopic (exact) mass is 257 g/mol. The highest BCUT2D eigenvalue weighted by Gasteiger charge is 2.20. The highest BCUT2D eigenvalue weighted by atomic mass is 16.5. The summed E-state index contributed by atoms with van der Waals surface area (Å²) in [6, 6.07) is 0.412. The molecule has 2 N–H and O–H groups in total. The Morgan fingerprint density at radius 2 is 2.06 bits per heavy atom. The second-order valence-corrected chi connectivity index (χ2v) is 5.84. The van der Waals surface area contributed by atoms with Gasteiger partial charge in [0, 0.05) is 19.2 Å². The van der Waals surface area contributed by atoms with E-state index in [1.54, 1.807) is 0 Å². The van der Waals surface area contributed by atoms with Gasteiger partial charge in [0.05, 0.1) is 25.4 Å². The van der Waals surface area contributed by atoms with Crippen molar-refractivity contribution in [3.8, 4) is 0 Å². The fourth-order valence-corrected chi connectivity index (χ4v) is 2.70. The lowest BCUT2D eigenvalue weighted by Crippen LogP contribution is -2.38. The van der Waals surface area contributed by atoms with Crippen molar-refractivity contribution >= 4 is 0 Å². The van der Waals surface area contributed by atoms with E-state index >= 15 is 0 Å². The van der Waals surface area contributed by atoms with Crippen molar-refractivity contribution < 1.29 is 14.6 Å². The number of nitrogens with one attached hydrogen (secondary N) is 1. The number of aliphatic hydroxyl groups excluding tert-OH is 1. The molecule has 1 saturated carbocycles. The summed E-state index contributed by atoms with van der Waals surface area (Å²) >= 11 is 0. The Hall–Kier alpha value is -0.160. The minimum atomic E-state index is -0.398. The summed E-state index contributed by atoms with van der Waals surface area (Å²) in [7, 11) is 0. The molecule has 0 amide bonds. The van der Waals surface area contributed by atoms with Gasteiger partial charge in [-0.1, -0.05) is 6.92 Å². The van der Waals surface area contributed by atoms with Crippen molar-refractivity contribution in [2.24, 2.45) is 5.92 Å². The third-order valence-electron chi connectivity index (χ3n) is 4.06. The molecule has 18 heavy (non-hydrogen) atoms. The summed E-state index contributed by atoms with van der Waals surface area (Å²) in [6.07, 6.45) is 5.84. The average molecular weight is 257 g/mol. The van der Waals surface area contributed by atoms with Crippen LogP contribution in [-0.4, -0.2) is 49.7 Å². The van der Waals surface area contributed by atoms with Gasteiger partial charge >= 0.3 is 0 Å². The van der Waals surface area contributed by atoms with Gasteiger partial charge in [0.2, 0.25) is 0 Å². The van der Waals surface area contributed by atoms with Crippen molar-refractivity contribution in [1.29, 1.82) is 0 Å². The van der Waals surface area contributed by atoms with Crippen LogP contribution in [0.4, 0.5) is 0 Å². The number of hydrogen-bond acceptors (Lipinski definition) is 4. The SMILES string of the molecule is CC1CCC(OCC(O)CNC2CCOC2)CC1. The van der Waals surface area contributed by atoms with Crippen LogP contribution >= 0.6 is 0 Å². The third-order valence-corrected chi connectivity index (χ3v) is 4.06. The minimum Gasteiger partial charge on any atom is -0.389 e. The maximum Gasteiger partial charge on any atom is 0.0897 e. The van der Waals surface area contributed by atoms with Gasteiger partial charge < -0.3 is 19.9 Å². The predicted octanol–water partition coefficient (Wildman–Crippen LogP) is 1.32. The zero-order valence-corrected chi connectivity index (χ0v) is 11.4. The average Bonchev–Trinajstić information content (AvgIpc) is 2.89. The molecule has 0 aromatic rings. The van der Waals surface area contributed by atoms with Gasteiger partial charge in [-0.05, 0) is 38.0 Å². The quantitative estimate of drug-likeness (QED) is 0.753. The van der Waals surface area contributed by atoms with E-state index in [1.807, 2.05) is 0 Å². The summed E-state index contributed by atoms with van der Waals surface area (Å²) in [5.41, 5.74) is 0. The summed E-state index contributed by atoms with van der Waals surface area (Å²) in [6.45, 7) is 4.98. The molecule has 4 nitrogen and oxygen atoms in total. The molecule has 2 rings (SSSR count). The highest BCUT2D eigenvalue weighted by molar-refractivity contribution is 4.74. The molecule has 1 saturated heterocycles. The first-order valence-electron chi connectivity index (χ1n) is 7.35. The van der Waals surface area contributed by atoms with Gasteiger partial charge in [-0.25, -0.2) is 0 Å². The lowest BCUT2D eigenvalue weighted by atomic mass is 9.89. The van der Waals surface area contributed by atoms with Crippen LogP contribution in [0.5, 0.6) is 0 Å². The zero-order valence-electron chi connectivity index (χ0n) is 11.4. The molecule has 2 atom stereocenters. The van der Waals surface area contributed by atoms with Gasteiger partial charge in [-0.15, -0.1) is 0 Å². The minimum absolute atomic E-state index is 0.366. The summed E-state index contributed by atoms with van der Waals surface area (Å²) in [5.74, 6) is 0.846. The first kappa shape index (κ1) is 14.3. The molecule has 0 radical (unpaired) electrons. The fourth-order valence-electron chi connectivity index (χ4n) is 2.70. The standard InChI is InChI=1S/C14H27NO3/c1-11-2-4-14(5-3-11)18-10-13(16)8-15-12-6-7-17-9-12/h11-16H,2-10H2,1H3. The van der Waals surface area contributed by atoms with Crippen molar-refractivity contribution in [1.82, 2.24) is 5.32 Å². The molecule has 0 bridgehead atoms. The second-order valence-electron chi connectivity index (χ2n) is 5.84. The number of ether oxygens (including phenoxy) is 2. The first-order chi connectivity index (χ1) is 8.74. The molecular formula is C14H27NO3. The Labute approximate surface area is 110 Å². The van der Waals surface area contributed by atoms with E-state index in [1.165, 1.54) is 12.8 Å². The van der Waals surface area contributed by atoms with Gasteiger partial charge in [-0.2, -0.15) is 0 Å². The Bertz CT molecular complexity index is 223. The van der Waals surface area contributed by atoms with Crippen LogP contribution in [0.2, 0.25) is 0 Å². The fraction of sp³-hybridized carbons (Fsp3) is 1.00. The molecule has 1 aliphatic carbocycles. The van der Waals surface area contributed by atoms with E-state index in [0.29, 0.717) is 25.3 Å². The van der Waals surface area contributed by atoms with Crippen LogP contribution in [0.3, 0.4) is 0 Å². The Morgan fingerprint density at radius 3 is 2.72 bits per heavy atom. The summed E-state index contributed by atoms with van der Waals surface area (Å²) in [5, 5.41) is 13.2. The van der Waals surface area contributed by atoms with E-state index in [9.17, 15) is 5.11 Å². The van der Waals surface area contributed by atoms with Crippen LogP contribution in [0, 0.1) is 5.92 Å². The molecule has 0 aromatic heterocycles. The van der Waals surface area contributed by atoms with E-state index < -0.39 is 6.10 Å².